The van der Waals surface area contributed by atoms with E-state index < -0.39 is 10.0 Å². The Balaban J connectivity index is 2.14. The molecule has 0 unspecified atom stereocenters. The van der Waals surface area contributed by atoms with Crippen LogP contribution in [0.2, 0.25) is 0 Å². The molecule has 1 aromatic rings. The Morgan fingerprint density at radius 2 is 2.05 bits per heavy atom. The first kappa shape index (κ1) is 15.3. The van der Waals surface area contributed by atoms with Crippen molar-refractivity contribution in [2.45, 2.75) is 17.7 Å². The van der Waals surface area contributed by atoms with Crippen LogP contribution in [0.4, 0.5) is 0 Å². The summed E-state index contributed by atoms with van der Waals surface area (Å²) in [5.41, 5.74) is 5.56. The van der Waals surface area contributed by atoms with Crippen LogP contribution in [-0.2, 0) is 10.0 Å². The molecule has 2 rings (SSSR count). The monoisotopic (exact) mass is 361 g/mol. The molecular weight excluding hydrogens is 346 g/mol. The minimum absolute atomic E-state index is 0.0611. The number of halogens is 1. The minimum atomic E-state index is -3.48. The Labute approximate surface area is 126 Å². The summed E-state index contributed by atoms with van der Waals surface area (Å²) in [6.45, 7) is 0.742. The van der Waals surface area contributed by atoms with Gasteiger partial charge in [0, 0.05) is 23.5 Å². The molecule has 0 atom stereocenters. The number of nitrogens with zero attached hydrogens (tertiary/aromatic N) is 2. The molecule has 1 saturated heterocycles. The van der Waals surface area contributed by atoms with Crippen LogP contribution >= 0.6 is 15.9 Å². The number of nitrogens with two attached hydrogens (primary N) is 1. The maximum atomic E-state index is 12.5. The van der Waals surface area contributed by atoms with Crippen molar-refractivity contribution in [1.82, 2.24) is 4.31 Å². The number of oxime groups is 1. The number of piperidine rings is 1. The lowest BCUT2D eigenvalue weighted by molar-refractivity contribution is 0.291. The summed E-state index contributed by atoms with van der Waals surface area (Å²) >= 11 is 3.27. The molecule has 1 aliphatic rings. The third kappa shape index (κ3) is 3.13. The largest absolute Gasteiger partial charge is 0.409 e. The van der Waals surface area contributed by atoms with E-state index in [4.69, 9.17) is 10.9 Å². The van der Waals surface area contributed by atoms with E-state index in [2.05, 4.69) is 21.1 Å². The highest BCUT2D eigenvalue weighted by Gasteiger charge is 2.30. The highest BCUT2D eigenvalue weighted by Crippen LogP contribution is 2.25. The first-order chi connectivity index (χ1) is 9.45. The van der Waals surface area contributed by atoms with Gasteiger partial charge in [0.2, 0.25) is 10.0 Å². The minimum Gasteiger partial charge on any atom is -0.409 e. The summed E-state index contributed by atoms with van der Waals surface area (Å²) in [7, 11) is -3.48. The lowest BCUT2D eigenvalue weighted by Crippen LogP contribution is -2.41. The zero-order chi connectivity index (χ0) is 14.8. The molecule has 8 heteroatoms. The second kappa shape index (κ2) is 6.11. The summed E-state index contributed by atoms with van der Waals surface area (Å²) in [5.74, 6) is 0.110. The van der Waals surface area contributed by atoms with Crippen molar-refractivity contribution in [3.63, 3.8) is 0 Å². The fourth-order valence-corrected chi connectivity index (χ4v) is 4.32. The molecular formula is C12H16BrN3O3S. The fraction of sp³-hybridized carbons (Fsp3) is 0.417. The molecule has 0 amide bonds. The molecule has 0 aliphatic carbocycles. The van der Waals surface area contributed by atoms with Crippen LogP contribution in [-0.4, -0.2) is 36.9 Å². The van der Waals surface area contributed by atoms with E-state index in [-0.39, 0.29) is 16.6 Å². The highest BCUT2D eigenvalue weighted by molar-refractivity contribution is 9.10. The average molecular weight is 362 g/mol. The topological polar surface area (TPSA) is 96.0 Å². The zero-order valence-corrected chi connectivity index (χ0v) is 13.1. The molecule has 1 aromatic carbocycles. The third-order valence-corrected chi connectivity index (χ3v) is 5.81. The predicted octanol–water partition coefficient (Wildman–Crippen LogP) is 1.60. The molecule has 3 N–H and O–H groups in total. The van der Waals surface area contributed by atoms with E-state index in [9.17, 15) is 8.42 Å². The Bertz CT molecular complexity index is 610. The van der Waals surface area contributed by atoms with Crippen LogP contribution in [0.1, 0.15) is 12.8 Å². The van der Waals surface area contributed by atoms with Gasteiger partial charge in [-0.15, -0.1) is 0 Å². The van der Waals surface area contributed by atoms with Crippen molar-refractivity contribution in [2.24, 2.45) is 16.8 Å². The number of amidine groups is 1. The summed E-state index contributed by atoms with van der Waals surface area (Å²) in [6, 6.07) is 6.64. The molecule has 0 saturated carbocycles. The highest BCUT2D eigenvalue weighted by atomic mass is 79.9. The number of hydrogen-bond acceptors (Lipinski definition) is 4. The molecule has 1 aliphatic heterocycles. The zero-order valence-electron chi connectivity index (χ0n) is 10.7. The third-order valence-electron chi connectivity index (χ3n) is 3.42. The van der Waals surface area contributed by atoms with Gasteiger partial charge in [-0.2, -0.15) is 4.31 Å². The molecule has 0 aromatic heterocycles. The van der Waals surface area contributed by atoms with Gasteiger partial charge in [-0.05, 0) is 31.0 Å². The van der Waals surface area contributed by atoms with E-state index in [0.717, 1.165) is 4.47 Å². The molecule has 1 fully saturated rings. The van der Waals surface area contributed by atoms with Crippen molar-refractivity contribution in [3.05, 3.63) is 28.7 Å². The maximum absolute atomic E-state index is 12.5. The van der Waals surface area contributed by atoms with Gasteiger partial charge in [0.25, 0.3) is 0 Å². The van der Waals surface area contributed by atoms with E-state index >= 15 is 0 Å². The lowest BCUT2D eigenvalue weighted by atomic mass is 9.97. The van der Waals surface area contributed by atoms with Gasteiger partial charge in [-0.1, -0.05) is 27.2 Å². The second-order valence-corrected chi connectivity index (χ2v) is 7.51. The van der Waals surface area contributed by atoms with E-state index in [1.54, 1.807) is 24.3 Å². The first-order valence-corrected chi connectivity index (χ1v) is 8.41. The number of hydrogen-bond donors (Lipinski definition) is 2. The van der Waals surface area contributed by atoms with E-state index in [0.29, 0.717) is 25.9 Å². The number of rotatable bonds is 3. The van der Waals surface area contributed by atoms with Gasteiger partial charge in [-0.3, -0.25) is 0 Å². The van der Waals surface area contributed by atoms with Crippen LogP contribution in [0.5, 0.6) is 0 Å². The molecule has 1 heterocycles. The van der Waals surface area contributed by atoms with Crippen molar-refractivity contribution in [2.75, 3.05) is 13.1 Å². The van der Waals surface area contributed by atoms with Gasteiger partial charge in [0.1, 0.15) is 5.84 Å². The summed E-state index contributed by atoms with van der Waals surface area (Å²) < 4.78 is 27.1. The van der Waals surface area contributed by atoms with Crippen LogP contribution in [0.25, 0.3) is 0 Å². The van der Waals surface area contributed by atoms with Gasteiger partial charge in [-0.25, -0.2) is 8.42 Å². The second-order valence-electron chi connectivity index (χ2n) is 4.66. The van der Waals surface area contributed by atoms with Crippen LogP contribution < -0.4 is 5.73 Å². The quantitative estimate of drug-likeness (QED) is 0.369. The van der Waals surface area contributed by atoms with Crippen LogP contribution in [0, 0.1) is 5.92 Å². The number of sulfonamides is 1. The molecule has 0 radical (unpaired) electrons. The van der Waals surface area contributed by atoms with Crippen LogP contribution in [0.15, 0.2) is 38.8 Å². The van der Waals surface area contributed by atoms with E-state index in [1.807, 2.05) is 0 Å². The molecule has 110 valence electrons. The van der Waals surface area contributed by atoms with Crippen molar-refractivity contribution >= 4 is 31.8 Å². The maximum Gasteiger partial charge on any atom is 0.243 e. The predicted molar refractivity (Wildman–Crippen MR) is 79.0 cm³/mol. The van der Waals surface area contributed by atoms with Crippen molar-refractivity contribution in [1.29, 1.82) is 0 Å². The first-order valence-electron chi connectivity index (χ1n) is 6.18. The van der Waals surface area contributed by atoms with Gasteiger partial charge in [0.15, 0.2) is 0 Å². The normalized spacial score (nSPS) is 19.1. The Kier molecular flexibility index (Phi) is 4.66. The number of benzene rings is 1. The van der Waals surface area contributed by atoms with Gasteiger partial charge >= 0.3 is 0 Å². The standard InChI is InChI=1S/C12H16BrN3O3S/c13-10-2-1-3-11(8-10)20(18,19)16-6-4-9(5-7-16)12(14)15-17/h1-3,8-9,17H,4-7H2,(H2,14,15). The Hall–Kier alpha value is -1.12. The SMILES string of the molecule is NC(=NO)C1CCN(S(=O)(=O)c2cccc(Br)c2)CC1. The summed E-state index contributed by atoms with van der Waals surface area (Å²) in [4.78, 5) is 0.272. The van der Waals surface area contributed by atoms with Crippen molar-refractivity contribution < 1.29 is 13.6 Å². The van der Waals surface area contributed by atoms with Gasteiger partial charge < -0.3 is 10.9 Å². The molecule has 0 spiro atoms. The molecule has 20 heavy (non-hydrogen) atoms. The molecule has 0 bridgehead atoms. The average Bonchev–Trinajstić information content (AvgIpc) is 2.46. The Morgan fingerprint density at radius 1 is 1.40 bits per heavy atom. The smallest absolute Gasteiger partial charge is 0.243 e. The van der Waals surface area contributed by atoms with Gasteiger partial charge in [0.05, 0.1) is 4.90 Å². The van der Waals surface area contributed by atoms with E-state index in [1.165, 1.54) is 4.31 Å². The summed E-state index contributed by atoms with van der Waals surface area (Å²) in [5, 5.41) is 11.6. The fourth-order valence-electron chi connectivity index (χ4n) is 2.25. The lowest BCUT2D eigenvalue weighted by Gasteiger charge is -2.30. The Morgan fingerprint density at radius 3 is 2.60 bits per heavy atom. The molecule has 6 nitrogen and oxygen atoms in total. The van der Waals surface area contributed by atoms with Crippen LogP contribution in [0.3, 0.4) is 0 Å². The summed E-state index contributed by atoms with van der Waals surface area (Å²) in [6.07, 6.45) is 1.12. The van der Waals surface area contributed by atoms with Crippen molar-refractivity contribution in [3.8, 4) is 0 Å².